The Morgan fingerprint density at radius 3 is 2.26 bits per heavy atom. The Hall–Kier alpha value is -1.21. The standard InChI is InChI=1S/C15H17F4N2O13P3S/c1-4-5-2-6(14(38)21-13(5)20-12(8(4)16)15(17,18)19)11-10(23)9(22)7(32-11)3-31-36(27,28)34-37(29,30)33-35(24,25)26/h2,7,9-11,22-23H,3H2,1H3,(H,27,28)(H,29,30)(H,20,21,38)(H2,24,25,26)/t7-,9+,10?,11+/m1/s1. The predicted octanol–water partition coefficient (Wildman–Crippen LogP) is 2.26. The summed E-state index contributed by atoms with van der Waals surface area (Å²) in [5.74, 6) is -1.66. The van der Waals surface area contributed by atoms with E-state index in [9.17, 15) is 46.4 Å². The van der Waals surface area contributed by atoms with Crippen LogP contribution in [0.15, 0.2) is 6.07 Å². The fraction of sp³-hybridized carbons (Fsp3) is 0.467. The number of hydrogen-bond donors (Lipinski definition) is 7. The molecule has 0 spiro atoms. The van der Waals surface area contributed by atoms with Crippen LogP contribution >= 0.6 is 35.7 Å². The number of rotatable bonds is 8. The number of aromatic amines is 1. The summed E-state index contributed by atoms with van der Waals surface area (Å²) in [5.41, 5.74) is -2.86. The molecule has 0 amide bonds. The molecule has 1 aliphatic rings. The second-order valence-corrected chi connectivity index (χ2v) is 12.5. The number of halogens is 4. The van der Waals surface area contributed by atoms with Crippen LogP contribution in [0.25, 0.3) is 11.0 Å². The van der Waals surface area contributed by atoms with E-state index >= 15 is 0 Å². The largest absolute Gasteiger partial charge is 0.490 e. The Morgan fingerprint density at radius 2 is 1.71 bits per heavy atom. The summed E-state index contributed by atoms with van der Waals surface area (Å²) in [6.45, 7) is -0.0892. The molecule has 1 fully saturated rings. The van der Waals surface area contributed by atoms with Crippen molar-refractivity contribution in [2.24, 2.45) is 0 Å². The van der Waals surface area contributed by atoms with Crippen LogP contribution in [0.1, 0.15) is 22.9 Å². The minimum absolute atomic E-state index is 0.149. The van der Waals surface area contributed by atoms with E-state index < -0.39 is 83.4 Å². The third-order valence-electron chi connectivity index (χ3n) is 4.97. The number of aromatic nitrogens is 2. The second-order valence-electron chi connectivity index (χ2n) is 7.68. The number of H-pyrrole nitrogens is 1. The second kappa shape index (κ2) is 10.6. The number of nitrogens with one attached hydrogen (secondary N) is 1. The van der Waals surface area contributed by atoms with E-state index in [-0.39, 0.29) is 15.6 Å². The Morgan fingerprint density at radius 1 is 1.11 bits per heavy atom. The lowest BCUT2D eigenvalue weighted by Crippen LogP contribution is -2.33. The summed E-state index contributed by atoms with van der Waals surface area (Å²) in [6, 6.07) is 1.06. The van der Waals surface area contributed by atoms with Gasteiger partial charge in [-0.25, -0.2) is 23.1 Å². The molecule has 2 aromatic heterocycles. The van der Waals surface area contributed by atoms with Gasteiger partial charge in [0.05, 0.1) is 6.61 Å². The molecule has 3 unspecified atom stereocenters. The van der Waals surface area contributed by atoms with E-state index in [1.807, 2.05) is 0 Å². The van der Waals surface area contributed by atoms with Gasteiger partial charge < -0.3 is 39.5 Å². The van der Waals surface area contributed by atoms with Crippen molar-refractivity contribution < 1.29 is 78.9 Å². The van der Waals surface area contributed by atoms with Gasteiger partial charge in [-0.1, -0.05) is 12.2 Å². The first kappa shape index (κ1) is 31.3. The zero-order chi connectivity index (χ0) is 29.0. The number of nitrogens with zero attached hydrogens (tertiary/aromatic N) is 1. The summed E-state index contributed by atoms with van der Waals surface area (Å²) in [7, 11) is -17.0. The van der Waals surface area contributed by atoms with Gasteiger partial charge in [0.25, 0.3) is 0 Å². The summed E-state index contributed by atoms with van der Waals surface area (Å²) in [5, 5.41) is 20.5. The highest BCUT2D eigenvalue weighted by atomic mass is 32.1. The summed E-state index contributed by atoms with van der Waals surface area (Å²) in [6.07, 6.45) is -12.0. The monoisotopic (exact) mass is 634 g/mol. The van der Waals surface area contributed by atoms with Crippen LogP contribution in [0.2, 0.25) is 0 Å². The first-order valence-electron chi connectivity index (χ1n) is 9.72. The van der Waals surface area contributed by atoms with E-state index in [4.69, 9.17) is 31.6 Å². The zero-order valence-electron chi connectivity index (χ0n) is 18.3. The smallest absolute Gasteiger partial charge is 0.387 e. The normalized spacial score (nSPS) is 25.9. The lowest BCUT2D eigenvalue weighted by Gasteiger charge is -2.19. The molecule has 0 bridgehead atoms. The van der Waals surface area contributed by atoms with Crippen molar-refractivity contribution in [3.05, 3.63) is 33.3 Å². The molecular formula is C15H17F4N2O13P3S. The maximum Gasteiger partial charge on any atom is 0.490 e. The molecule has 3 rings (SSSR count). The van der Waals surface area contributed by atoms with Gasteiger partial charge >= 0.3 is 29.6 Å². The van der Waals surface area contributed by atoms with Crippen LogP contribution in [0.5, 0.6) is 0 Å². The minimum Gasteiger partial charge on any atom is -0.387 e. The fourth-order valence-electron chi connectivity index (χ4n) is 3.38. The topological polar surface area (TPSA) is 238 Å². The van der Waals surface area contributed by atoms with E-state index in [2.05, 4.69) is 23.1 Å². The Balaban J connectivity index is 1.84. The van der Waals surface area contributed by atoms with Gasteiger partial charge in [-0.3, -0.25) is 4.52 Å². The molecule has 7 N–H and O–H groups in total. The highest BCUT2D eigenvalue weighted by Gasteiger charge is 2.47. The first-order valence-corrected chi connectivity index (χ1v) is 14.6. The molecule has 38 heavy (non-hydrogen) atoms. The van der Waals surface area contributed by atoms with Crippen molar-refractivity contribution in [2.45, 2.75) is 37.5 Å². The Bertz CT molecular complexity index is 1450. The molecular weight excluding hydrogens is 617 g/mol. The van der Waals surface area contributed by atoms with E-state index in [0.29, 0.717) is 0 Å². The highest BCUT2D eigenvalue weighted by Crippen LogP contribution is 2.66. The van der Waals surface area contributed by atoms with Gasteiger partial charge in [-0.2, -0.15) is 21.8 Å². The summed E-state index contributed by atoms with van der Waals surface area (Å²) >= 11 is 5.07. The molecule has 1 saturated heterocycles. The number of ether oxygens (including phenoxy) is 1. The molecule has 0 aliphatic carbocycles. The molecule has 23 heteroatoms. The van der Waals surface area contributed by atoms with E-state index in [1.54, 1.807) is 0 Å². The van der Waals surface area contributed by atoms with Crippen molar-refractivity contribution in [1.82, 2.24) is 9.97 Å². The SMILES string of the molecule is Cc1c(F)c(C(F)(F)F)nc2[nH]c(=S)c([C@@H]3O[C@H](COP(=O)(O)OP(=O)(O)OP(=O)(O)O)[C@H](O)C3O)cc12. The molecule has 0 aromatic carbocycles. The molecule has 0 radical (unpaired) electrons. The van der Waals surface area contributed by atoms with Crippen LogP contribution < -0.4 is 0 Å². The van der Waals surface area contributed by atoms with Gasteiger partial charge in [0, 0.05) is 10.9 Å². The highest BCUT2D eigenvalue weighted by molar-refractivity contribution is 7.71. The lowest BCUT2D eigenvalue weighted by molar-refractivity contribution is -0.143. The van der Waals surface area contributed by atoms with Crippen molar-refractivity contribution in [1.29, 1.82) is 0 Å². The van der Waals surface area contributed by atoms with Crippen LogP contribution in [0.3, 0.4) is 0 Å². The molecule has 0 saturated carbocycles. The quantitative estimate of drug-likeness (QED) is 0.125. The molecule has 2 aromatic rings. The van der Waals surface area contributed by atoms with E-state index in [1.165, 1.54) is 0 Å². The number of fused-ring (bicyclic) bond motifs is 1. The first-order chi connectivity index (χ1) is 17.1. The number of aliphatic hydroxyl groups excluding tert-OH is 2. The molecule has 15 nitrogen and oxygen atoms in total. The number of aliphatic hydroxyl groups is 2. The Labute approximate surface area is 213 Å². The summed E-state index contributed by atoms with van der Waals surface area (Å²) < 4.78 is 104. The Kier molecular flexibility index (Phi) is 8.77. The van der Waals surface area contributed by atoms with E-state index in [0.717, 1.165) is 13.0 Å². The number of phosphoric acid groups is 3. The van der Waals surface area contributed by atoms with Crippen LogP contribution in [-0.2, 0) is 37.8 Å². The van der Waals surface area contributed by atoms with Crippen molar-refractivity contribution in [3.63, 3.8) is 0 Å². The maximum atomic E-state index is 14.3. The van der Waals surface area contributed by atoms with Gasteiger partial charge in [0.2, 0.25) is 0 Å². The third-order valence-corrected chi connectivity index (χ3v) is 9.11. The predicted molar refractivity (Wildman–Crippen MR) is 116 cm³/mol. The van der Waals surface area contributed by atoms with Crippen molar-refractivity contribution in [3.8, 4) is 0 Å². The van der Waals surface area contributed by atoms with Gasteiger partial charge in [-0.15, -0.1) is 0 Å². The lowest BCUT2D eigenvalue weighted by atomic mass is 10.0. The summed E-state index contributed by atoms with van der Waals surface area (Å²) in [4.78, 5) is 41.3. The number of hydrogen-bond acceptors (Lipinski definition) is 11. The third kappa shape index (κ3) is 7.10. The average molecular weight is 634 g/mol. The number of pyridine rings is 2. The molecule has 1 aliphatic heterocycles. The number of aryl methyl sites for hydroxylation is 1. The van der Waals surface area contributed by atoms with Crippen LogP contribution in [0.4, 0.5) is 17.6 Å². The maximum absolute atomic E-state index is 14.3. The number of alkyl halides is 3. The van der Waals surface area contributed by atoms with Crippen molar-refractivity contribution >= 4 is 46.7 Å². The van der Waals surface area contributed by atoms with Gasteiger partial charge in [0.15, 0.2) is 11.5 Å². The zero-order valence-corrected chi connectivity index (χ0v) is 21.8. The van der Waals surface area contributed by atoms with Crippen molar-refractivity contribution in [2.75, 3.05) is 6.61 Å². The minimum atomic E-state index is -5.82. The van der Waals surface area contributed by atoms with Crippen LogP contribution in [0, 0.1) is 17.4 Å². The van der Waals surface area contributed by atoms with Gasteiger partial charge in [0.1, 0.15) is 34.7 Å². The molecule has 6 atom stereocenters. The fourth-order valence-corrected chi connectivity index (χ4v) is 6.68. The average Bonchev–Trinajstić information content (AvgIpc) is 2.99. The van der Waals surface area contributed by atoms with Crippen LogP contribution in [-0.4, -0.2) is 64.7 Å². The van der Waals surface area contributed by atoms with Gasteiger partial charge in [-0.05, 0) is 18.6 Å². The molecule has 214 valence electrons. The molecule has 3 heterocycles. The number of phosphoric ester groups is 1.